The molecule has 0 radical (unpaired) electrons. The van der Waals surface area contributed by atoms with Crippen LogP contribution in [0.3, 0.4) is 0 Å². The molecular weight excluding hydrogens is 166 g/mol. The number of hydrogen-bond acceptors (Lipinski definition) is 3. The molecule has 0 saturated carbocycles. The quantitative estimate of drug-likeness (QED) is 0.623. The van der Waals surface area contributed by atoms with Crippen molar-refractivity contribution in [2.75, 3.05) is 20.1 Å². The summed E-state index contributed by atoms with van der Waals surface area (Å²) in [7, 11) is 2.10. The van der Waals surface area contributed by atoms with E-state index < -0.39 is 0 Å². The van der Waals surface area contributed by atoms with E-state index in [0.717, 1.165) is 25.8 Å². The van der Waals surface area contributed by atoms with Crippen molar-refractivity contribution in [2.24, 2.45) is 0 Å². The molecule has 1 aromatic heterocycles. The van der Waals surface area contributed by atoms with E-state index in [-0.39, 0.29) is 0 Å². The first-order valence-corrected chi connectivity index (χ1v) is 4.47. The summed E-state index contributed by atoms with van der Waals surface area (Å²) in [5.41, 5.74) is 0.662. The molecule has 1 unspecified atom stereocenters. The average molecular weight is 179 g/mol. The smallest absolute Gasteiger partial charge is 0.153 e. The number of aldehydes is 1. The van der Waals surface area contributed by atoms with E-state index in [9.17, 15) is 4.79 Å². The summed E-state index contributed by atoms with van der Waals surface area (Å²) in [5, 5.41) is 4.16. The fourth-order valence-electron chi connectivity index (χ4n) is 1.74. The highest BCUT2D eigenvalue weighted by Gasteiger charge is 2.21. The molecule has 1 aromatic rings. The van der Waals surface area contributed by atoms with E-state index in [2.05, 4.69) is 17.0 Å². The van der Waals surface area contributed by atoms with Crippen LogP contribution in [-0.2, 0) is 0 Å². The van der Waals surface area contributed by atoms with Gasteiger partial charge in [-0.2, -0.15) is 5.10 Å². The van der Waals surface area contributed by atoms with Crippen molar-refractivity contribution in [2.45, 2.75) is 12.5 Å². The van der Waals surface area contributed by atoms with Crippen LogP contribution in [0.25, 0.3) is 0 Å². The maximum absolute atomic E-state index is 10.4. The second kappa shape index (κ2) is 3.30. The zero-order valence-corrected chi connectivity index (χ0v) is 7.68. The van der Waals surface area contributed by atoms with Gasteiger partial charge in [-0.15, -0.1) is 0 Å². The standard InChI is InChI=1S/C9H13N3O/c1-11-3-2-9(6-11)12-5-8(7-13)4-10-12/h4-5,7,9H,2-3,6H2,1H3. The van der Waals surface area contributed by atoms with Gasteiger partial charge in [0.2, 0.25) is 0 Å². The van der Waals surface area contributed by atoms with Crippen LogP contribution in [0.5, 0.6) is 0 Å². The molecule has 4 heteroatoms. The fourth-order valence-corrected chi connectivity index (χ4v) is 1.74. The summed E-state index contributed by atoms with van der Waals surface area (Å²) in [6.07, 6.45) is 5.39. The lowest BCUT2D eigenvalue weighted by Crippen LogP contribution is -2.16. The number of carbonyl (C=O) groups is 1. The van der Waals surface area contributed by atoms with Gasteiger partial charge in [-0.3, -0.25) is 9.48 Å². The van der Waals surface area contributed by atoms with Gasteiger partial charge in [0.1, 0.15) is 0 Å². The van der Waals surface area contributed by atoms with Gasteiger partial charge >= 0.3 is 0 Å². The van der Waals surface area contributed by atoms with Crippen molar-refractivity contribution in [3.63, 3.8) is 0 Å². The Balaban J connectivity index is 2.12. The van der Waals surface area contributed by atoms with E-state index in [1.54, 1.807) is 6.20 Å². The second-order valence-electron chi connectivity index (χ2n) is 3.58. The van der Waals surface area contributed by atoms with Crippen LogP contribution in [0.2, 0.25) is 0 Å². The Morgan fingerprint density at radius 1 is 1.69 bits per heavy atom. The molecule has 1 aliphatic heterocycles. The third-order valence-corrected chi connectivity index (χ3v) is 2.50. The number of likely N-dealkylation sites (tertiary alicyclic amines) is 1. The summed E-state index contributed by atoms with van der Waals surface area (Å²) in [6, 6.07) is 0.443. The van der Waals surface area contributed by atoms with Gasteiger partial charge in [0.05, 0.1) is 17.8 Å². The van der Waals surface area contributed by atoms with Crippen LogP contribution >= 0.6 is 0 Å². The maximum atomic E-state index is 10.4. The Labute approximate surface area is 77.1 Å². The molecule has 0 spiro atoms. The molecule has 0 amide bonds. The minimum Gasteiger partial charge on any atom is -0.304 e. The number of hydrogen-bond donors (Lipinski definition) is 0. The lowest BCUT2D eigenvalue weighted by Gasteiger charge is -2.10. The van der Waals surface area contributed by atoms with Crippen LogP contribution in [0, 0.1) is 0 Å². The molecule has 13 heavy (non-hydrogen) atoms. The third kappa shape index (κ3) is 1.62. The molecule has 2 heterocycles. The summed E-state index contributed by atoms with van der Waals surface area (Å²) < 4.78 is 1.90. The minimum absolute atomic E-state index is 0.443. The first-order chi connectivity index (χ1) is 6.29. The monoisotopic (exact) mass is 179 g/mol. The summed E-state index contributed by atoms with van der Waals surface area (Å²) in [4.78, 5) is 12.7. The number of aromatic nitrogens is 2. The maximum Gasteiger partial charge on any atom is 0.153 e. The molecule has 1 saturated heterocycles. The normalized spacial score (nSPS) is 23.6. The zero-order valence-electron chi connectivity index (χ0n) is 7.68. The van der Waals surface area contributed by atoms with Crippen molar-refractivity contribution < 1.29 is 4.79 Å². The minimum atomic E-state index is 0.443. The molecule has 0 aromatic carbocycles. The Morgan fingerprint density at radius 3 is 3.08 bits per heavy atom. The van der Waals surface area contributed by atoms with Gasteiger partial charge in [-0.05, 0) is 20.0 Å². The van der Waals surface area contributed by atoms with Gasteiger partial charge in [0.15, 0.2) is 6.29 Å². The molecule has 2 rings (SSSR count). The van der Waals surface area contributed by atoms with Crippen molar-refractivity contribution in [3.8, 4) is 0 Å². The lowest BCUT2D eigenvalue weighted by molar-refractivity contribution is 0.112. The topological polar surface area (TPSA) is 38.1 Å². The predicted molar refractivity (Wildman–Crippen MR) is 48.8 cm³/mol. The van der Waals surface area contributed by atoms with E-state index in [4.69, 9.17) is 0 Å². The van der Waals surface area contributed by atoms with Crippen LogP contribution in [-0.4, -0.2) is 41.1 Å². The van der Waals surface area contributed by atoms with Gasteiger partial charge in [-0.25, -0.2) is 0 Å². The van der Waals surface area contributed by atoms with E-state index in [1.807, 2.05) is 10.9 Å². The van der Waals surface area contributed by atoms with Crippen molar-refractivity contribution >= 4 is 6.29 Å². The van der Waals surface area contributed by atoms with Crippen LogP contribution in [0.1, 0.15) is 22.8 Å². The van der Waals surface area contributed by atoms with Crippen LogP contribution in [0.15, 0.2) is 12.4 Å². The molecule has 0 N–H and O–H groups in total. The molecular formula is C9H13N3O. The molecule has 1 aliphatic rings. The number of likely N-dealkylation sites (N-methyl/N-ethyl adjacent to an activating group) is 1. The first kappa shape index (κ1) is 8.44. The molecule has 1 atom stereocenters. The average Bonchev–Trinajstić information content (AvgIpc) is 2.71. The Hall–Kier alpha value is -1.16. The number of carbonyl (C=O) groups excluding carboxylic acids is 1. The molecule has 0 aliphatic carbocycles. The number of nitrogens with zero attached hydrogens (tertiary/aromatic N) is 3. The van der Waals surface area contributed by atoms with Gasteiger partial charge < -0.3 is 4.90 Å². The third-order valence-electron chi connectivity index (χ3n) is 2.50. The van der Waals surface area contributed by atoms with E-state index >= 15 is 0 Å². The molecule has 1 fully saturated rings. The molecule has 0 bridgehead atoms. The number of rotatable bonds is 2. The zero-order chi connectivity index (χ0) is 9.26. The summed E-state index contributed by atoms with van der Waals surface area (Å²) in [6.45, 7) is 2.14. The van der Waals surface area contributed by atoms with Gasteiger partial charge in [0, 0.05) is 12.7 Å². The van der Waals surface area contributed by atoms with Crippen LogP contribution < -0.4 is 0 Å². The van der Waals surface area contributed by atoms with Crippen molar-refractivity contribution in [3.05, 3.63) is 18.0 Å². The Morgan fingerprint density at radius 2 is 2.54 bits per heavy atom. The fraction of sp³-hybridized carbons (Fsp3) is 0.556. The molecule has 70 valence electrons. The SMILES string of the molecule is CN1CCC(n2cc(C=O)cn2)C1. The highest BCUT2D eigenvalue weighted by molar-refractivity contribution is 5.73. The lowest BCUT2D eigenvalue weighted by atomic mass is 10.3. The van der Waals surface area contributed by atoms with E-state index in [0.29, 0.717) is 11.6 Å². The summed E-state index contributed by atoms with van der Waals surface area (Å²) in [5.74, 6) is 0. The van der Waals surface area contributed by atoms with Crippen molar-refractivity contribution in [1.82, 2.24) is 14.7 Å². The van der Waals surface area contributed by atoms with Crippen molar-refractivity contribution in [1.29, 1.82) is 0 Å². The highest BCUT2D eigenvalue weighted by Crippen LogP contribution is 2.19. The largest absolute Gasteiger partial charge is 0.304 e. The Bertz CT molecular complexity index is 308. The highest BCUT2D eigenvalue weighted by atomic mass is 16.1. The Kier molecular flexibility index (Phi) is 2.14. The first-order valence-electron chi connectivity index (χ1n) is 4.47. The van der Waals surface area contributed by atoms with E-state index in [1.165, 1.54) is 0 Å². The van der Waals surface area contributed by atoms with Crippen LogP contribution in [0.4, 0.5) is 0 Å². The van der Waals surface area contributed by atoms with Gasteiger partial charge in [0.25, 0.3) is 0 Å². The predicted octanol–water partition coefficient (Wildman–Crippen LogP) is 0.572. The second-order valence-corrected chi connectivity index (χ2v) is 3.58. The summed E-state index contributed by atoms with van der Waals surface area (Å²) >= 11 is 0. The molecule has 4 nitrogen and oxygen atoms in total. The van der Waals surface area contributed by atoms with Gasteiger partial charge in [-0.1, -0.05) is 0 Å².